The van der Waals surface area contributed by atoms with Crippen LogP contribution in [0.15, 0.2) is 49.1 Å². The molecule has 4 aliphatic rings. The van der Waals surface area contributed by atoms with Crippen LogP contribution in [0.5, 0.6) is 6.01 Å². The van der Waals surface area contributed by atoms with Crippen LogP contribution in [0.25, 0.3) is 15.6 Å². The molecule has 1 saturated heterocycles. The summed E-state index contributed by atoms with van der Waals surface area (Å²) in [4.78, 5) is 35.2. The predicted molar refractivity (Wildman–Crippen MR) is 178 cm³/mol. The van der Waals surface area contributed by atoms with Gasteiger partial charge in [-0.15, -0.1) is 0 Å². The third-order valence-corrected chi connectivity index (χ3v) is 10.6. The molecule has 1 unspecified atom stereocenters. The van der Waals surface area contributed by atoms with Crippen LogP contribution in [0.2, 0.25) is 5.02 Å². The second-order valence-corrected chi connectivity index (χ2v) is 13.7. The molecule has 9 nitrogen and oxygen atoms in total. The molecule has 3 atom stereocenters. The number of carbonyl (C=O) groups is 1. The Balaban J connectivity index is 1.25. The van der Waals surface area contributed by atoms with Crippen LogP contribution in [-0.4, -0.2) is 90.7 Å². The first kappa shape index (κ1) is 29.8. The van der Waals surface area contributed by atoms with Gasteiger partial charge in [0, 0.05) is 48.9 Å². The van der Waals surface area contributed by atoms with E-state index < -0.39 is 0 Å². The Morgan fingerprint density at radius 3 is 2.69 bits per heavy atom. The third kappa shape index (κ3) is 5.59. The first-order chi connectivity index (χ1) is 21.8. The van der Waals surface area contributed by atoms with Gasteiger partial charge in [-0.25, -0.2) is 6.57 Å². The van der Waals surface area contributed by atoms with Crippen molar-refractivity contribution < 1.29 is 9.53 Å². The number of hydrogen-bond donors (Lipinski definition) is 0. The first-order valence-corrected chi connectivity index (χ1v) is 16.3. The lowest BCUT2D eigenvalue weighted by atomic mass is 10.0. The van der Waals surface area contributed by atoms with Gasteiger partial charge in [-0.3, -0.25) is 4.79 Å². The zero-order chi connectivity index (χ0) is 31.3. The van der Waals surface area contributed by atoms with Crippen molar-refractivity contribution in [3.05, 3.63) is 76.8 Å². The monoisotopic (exact) mass is 625 g/mol. The summed E-state index contributed by atoms with van der Waals surface area (Å²) < 4.78 is 6.75. The van der Waals surface area contributed by atoms with E-state index in [9.17, 15) is 4.79 Å². The van der Waals surface area contributed by atoms with Crippen molar-refractivity contribution >= 4 is 39.8 Å². The fourth-order valence-corrected chi connectivity index (χ4v) is 8.02. The van der Waals surface area contributed by atoms with Crippen molar-refractivity contribution in [1.29, 1.82) is 0 Å². The Hall–Kier alpha value is -3.87. The number of nitrogens with zero attached hydrogens (tertiary/aromatic N) is 7. The molecule has 2 saturated carbocycles. The van der Waals surface area contributed by atoms with E-state index in [1.54, 1.807) is 4.90 Å². The van der Waals surface area contributed by atoms with Gasteiger partial charge in [-0.1, -0.05) is 42.4 Å². The fraction of sp³-hybridized carbons (Fsp3) is 0.486. The summed E-state index contributed by atoms with van der Waals surface area (Å²) >= 11 is 6.74. The summed E-state index contributed by atoms with van der Waals surface area (Å²) in [6.07, 6.45) is 6.85. The van der Waals surface area contributed by atoms with Gasteiger partial charge < -0.3 is 29.2 Å². The van der Waals surface area contributed by atoms with Crippen LogP contribution in [0, 0.1) is 12.0 Å². The minimum atomic E-state index is -0.239. The molecule has 0 radical (unpaired) electrons. The van der Waals surface area contributed by atoms with Crippen molar-refractivity contribution in [3.8, 4) is 6.01 Å². The maximum atomic E-state index is 12.6. The van der Waals surface area contributed by atoms with Crippen molar-refractivity contribution in [1.82, 2.24) is 19.8 Å². The number of fused-ring (bicyclic) bond motifs is 2. The molecule has 1 aromatic heterocycles. The molecule has 7 rings (SSSR count). The quantitative estimate of drug-likeness (QED) is 0.263. The number of piperazine rings is 1. The Bertz CT molecular complexity index is 1680. The van der Waals surface area contributed by atoms with Gasteiger partial charge in [0.1, 0.15) is 18.0 Å². The molecule has 45 heavy (non-hydrogen) atoms. The van der Waals surface area contributed by atoms with Crippen molar-refractivity contribution in [2.24, 2.45) is 5.41 Å². The standard InChI is InChI=1S/C35H40ClN7O2/c1-5-31(44)43-17-16-42(21-24(43)20-37-2)33-25-12-15-41(28-11-7-9-23-8-6-10-26(36)32(23)28)22-27(25)38-34(39-33)45-30-19-35(13-14-35)18-29(30)40(3)4/h5-11,24,29-30H,1,12-22H2,3-4H3/t24?,29-,30-/m1/s1. The molecule has 3 heterocycles. The van der Waals surface area contributed by atoms with Gasteiger partial charge in [0.15, 0.2) is 0 Å². The van der Waals surface area contributed by atoms with Gasteiger partial charge >= 0.3 is 6.01 Å². The first-order valence-electron chi connectivity index (χ1n) is 16.0. The van der Waals surface area contributed by atoms with Gasteiger partial charge in [0.2, 0.25) is 12.5 Å². The highest BCUT2D eigenvalue weighted by Gasteiger charge is 2.54. The van der Waals surface area contributed by atoms with Gasteiger partial charge in [0.05, 0.1) is 17.3 Å². The van der Waals surface area contributed by atoms with E-state index in [0.29, 0.717) is 43.6 Å². The lowest BCUT2D eigenvalue weighted by Gasteiger charge is -2.41. The van der Waals surface area contributed by atoms with Gasteiger partial charge in [0.25, 0.3) is 0 Å². The van der Waals surface area contributed by atoms with Crippen LogP contribution in [-0.2, 0) is 17.8 Å². The number of hydrogen-bond acceptors (Lipinski definition) is 7. The van der Waals surface area contributed by atoms with Crippen molar-refractivity contribution in [3.63, 3.8) is 0 Å². The van der Waals surface area contributed by atoms with E-state index >= 15 is 0 Å². The number of likely N-dealkylation sites (N-methyl/N-ethyl adjacent to an activating group) is 1. The van der Waals surface area contributed by atoms with E-state index in [2.05, 4.69) is 64.5 Å². The van der Waals surface area contributed by atoms with Crippen molar-refractivity contribution in [2.45, 2.75) is 56.8 Å². The number of anilines is 2. The highest BCUT2D eigenvalue weighted by molar-refractivity contribution is 6.36. The topological polar surface area (TPSA) is 69.4 Å². The number of amides is 1. The molecule has 3 fully saturated rings. The molecule has 1 amide bonds. The highest BCUT2D eigenvalue weighted by atomic mass is 35.5. The number of ether oxygens (including phenoxy) is 1. The van der Waals surface area contributed by atoms with Gasteiger partial charge in [-0.05, 0) is 75.2 Å². The largest absolute Gasteiger partial charge is 0.458 e. The summed E-state index contributed by atoms with van der Waals surface area (Å²) in [6.45, 7) is 14.5. The highest BCUT2D eigenvalue weighted by Crippen LogP contribution is 2.59. The number of benzene rings is 2. The minimum Gasteiger partial charge on any atom is -0.458 e. The SMILES string of the molecule is [C-]#[N+]CC1CN(c2nc(O[C@@H]3CC4(CC4)C[C@H]3N(C)C)nc3c2CCN(c2cccc4cccc(Cl)c24)C3)CCN1C(=O)C=C. The van der Waals surface area contributed by atoms with E-state index in [0.717, 1.165) is 64.4 Å². The second kappa shape index (κ2) is 11.8. The van der Waals surface area contributed by atoms with Gasteiger partial charge in [-0.2, -0.15) is 9.97 Å². The number of rotatable bonds is 7. The van der Waals surface area contributed by atoms with Crippen molar-refractivity contribution in [2.75, 3.05) is 56.6 Å². The van der Waals surface area contributed by atoms with Crippen LogP contribution < -0.4 is 14.5 Å². The average molecular weight is 626 g/mol. The molecule has 234 valence electrons. The summed E-state index contributed by atoms with van der Waals surface area (Å²) in [7, 11) is 4.27. The molecule has 10 heteroatoms. The molecular weight excluding hydrogens is 586 g/mol. The molecule has 0 N–H and O–H groups in total. The van der Waals surface area contributed by atoms with Crippen LogP contribution >= 0.6 is 11.6 Å². The number of halogens is 1. The summed E-state index contributed by atoms with van der Waals surface area (Å²) in [5.41, 5.74) is 3.57. The fourth-order valence-electron chi connectivity index (χ4n) is 7.74. The zero-order valence-corrected chi connectivity index (χ0v) is 26.8. The van der Waals surface area contributed by atoms with Crippen LogP contribution in [0.1, 0.15) is 36.9 Å². The smallest absolute Gasteiger partial charge is 0.319 e. The van der Waals surface area contributed by atoms with E-state index in [1.807, 2.05) is 12.1 Å². The predicted octanol–water partition coefficient (Wildman–Crippen LogP) is 5.22. The molecular formula is C35H40ClN7O2. The normalized spacial score (nSPS) is 23.7. The Morgan fingerprint density at radius 2 is 1.96 bits per heavy atom. The Morgan fingerprint density at radius 1 is 1.16 bits per heavy atom. The average Bonchev–Trinajstić information content (AvgIpc) is 3.70. The lowest BCUT2D eigenvalue weighted by Crippen LogP contribution is -2.56. The Kier molecular flexibility index (Phi) is 7.83. The third-order valence-electron chi connectivity index (χ3n) is 10.3. The molecule has 2 aliphatic heterocycles. The van der Waals surface area contributed by atoms with E-state index in [1.165, 1.54) is 18.9 Å². The lowest BCUT2D eigenvalue weighted by molar-refractivity contribution is -0.128. The molecule has 0 bridgehead atoms. The minimum absolute atomic E-state index is 0.0295. The number of carbonyl (C=O) groups excluding carboxylic acids is 1. The van der Waals surface area contributed by atoms with Crippen LogP contribution in [0.3, 0.4) is 0 Å². The Labute approximate surface area is 270 Å². The molecule has 2 aliphatic carbocycles. The van der Waals surface area contributed by atoms with E-state index in [4.69, 9.17) is 32.9 Å². The number of aromatic nitrogens is 2. The molecule has 3 aromatic rings. The summed E-state index contributed by atoms with van der Waals surface area (Å²) in [5.74, 6) is 0.734. The maximum absolute atomic E-state index is 12.6. The van der Waals surface area contributed by atoms with Crippen LogP contribution in [0.4, 0.5) is 11.5 Å². The zero-order valence-electron chi connectivity index (χ0n) is 26.1. The summed E-state index contributed by atoms with van der Waals surface area (Å²) in [6, 6.07) is 12.9. The maximum Gasteiger partial charge on any atom is 0.319 e. The second-order valence-electron chi connectivity index (χ2n) is 13.3. The molecule has 2 aromatic carbocycles. The van der Waals surface area contributed by atoms with E-state index in [-0.39, 0.29) is 24.6 Å². The summed E-state index contributed by atoms with van der Waals surface area (Å²) in [5, 5.41) is 2.90. The molecule has 1 spiro atoms.